The average Bonchev–Trinajstić information content (AvgIpc) is 2.96. The fourth-order valence-electron chi connectivity index (χ4n) is 1.59. The Hall–Kier alpha value is -1.87. The number of amides is 3. The van der Waals surface area contributed by atoms with E-state index < -0.39 is 17.2 Å². The van der Waals surface area contributed by atoms with Crippen molar-refractivity contribution in [1.82, 2.24) is 20.8 Å². The molecule has 0 saturated carbocycles. The van der Waals surface area contributed by atoms with E-state index in [2.05, 4.69) is 36.8 Å². The molecule has 2 N–H and O–H groups in total. The summed E-state index contributed by atoms with van der Waals surface area (Å²) in [7, 11) is 0. The number of nitrogens with one attached hydrogen (secondary N) is 2. The Morgan fingerprint density at radius 2 is 2.00 bits per heavy atom. The third-order valence-electron chi connectivity index (χ3n) is 2.72. The van der Waals surface area contributed by atoms with E-state index in [1.54, 1.807) is 13.8 Å². The van der Waals surface area contributed by atoms with Crippen LogP contribution >= 0.6 is 27.7 Å². The zero-order valence-electron chi connectivity index (χ0n) is 12.5. The van der Waals surface area contributed by atoms with Crippen LogP contribution in [0.3, 0.4) is 0 Å². The second-order valence-electron chi connectivity index (χ2n) is 4.49. The number of rotatable bonds is 5. The van der Waals surface area contributed by atoms with Gasteiger partial charge in [0.05, 0.1) is 5.25 Å². The van der Waals surface area contributed by atoms with Gasteiger partial charge >= 0.3 is 6.03 Å². The number of hydrogen-bond donors (Lipinski definition) is 2. The van der Waals surface area contributed by atoms with E-state index >= 15 is 0 Å². The lowest BCUT2D eigenvalue weighted by molar-refractivity contribution is -0.119. The summed E-state index contributed by atoms with van der Waals surface area (Å²) in [5, 5.41) is 12.3. The number of urea groups is 1. The molecule has 9 heteroatoms. The van der Waals surface area contributed by atoms with Crippen molar-refractivity contribution in [1.29, 1.82) is 0 Å². The maximum atomic E-state index is 11.9. The van der Waals surface area contributed by atoms with Crippen molar-refractivity contribution in [2.45, 2.75) is 24.3 Å². The maximum absolute atomic E-state index is 11.9. The summed E-state index contributed by atoms with van der Waals surface area (Å²) in [5.74, 6) is -0.0549. The van der Waals surface area contributed by atoms with Crippen LogP contribution in [0.15, 0.2) is 38.4 Å². The Morgan fingerprint density at radius 1 is 1.30 bits per heavy atom. The number of imide groups is 1. The van der Waals surface area contributed by atoms with Crippen molar-refractivity contribution >= 4 is 39.6 Å². The van der Waals surface area contributed by atoms with Crippen LogP contribution in [0.4, 0.5) is 4.79 Å². The summed E-state index contributed by atoms with van der Waals surface area (Å²) in [6.45, 7) is 3.87. The van der Waals surface area contributed by atoms with E-state index in [0.717, 1.165) is 21.8 Å². The first-order chi connectivity index (χ1) is 11.0. The number of benzene rings is 1. The van der Waals surface area contributed by atoms with Gasteiger partial charge in [-0.05, 0) is 38.1 Å². The highest BCUT2D eigenvalue weighted by Crippen LogP contribution is 2.26. The summed E-state index contributed by atoms with van der Waals surface area (Å²) < 4.78 is 6.48. The molecule has 2 rings (SSSR count). The van der Waals surface area contributed by atoms with Crippen LogP contribution in [-0.4, -0.2) is 33.9 Å². The Labute approximate surface area is 145 Å². The molecule has 0 aliphatic carbocycles. The Kier molecular flexibility index (Phi) is 6.17. The van der Waals surface area contributed by atoms with E-state index in [1.165, 1.54) is 0 Å². The van der Waals surface area contributed by atoms with Crippen LogP contribution in [0.1, 0.15) is 13.8 Å². The lowest BCUT2D eigenvalue weighted by Gasteiger charge is -2.08. The van der Waals surface area contributed by atoms with E-state index in [9.17, 15) is 9.59 Å². The van der Waals surface area contributed by atoms with Crippen molar-refractivity contribution < 1.29 is 14.0 Å². The van der Waals surface area contributed by atoms with Gasteiger partial charge in [0, 0.05) is 16.6 Å². The minimum atomic E-state index is -0.546. The number of nitrogens with zero attached hydrogens (tertiary/aromatic N) is 2. The summed E-state index contributed by atoms with van der Waals surface area (Å²) in [4.78, 5) is 23.2. The minimum absolute atomic E-state index is 0.265. The molecule has 2 aromatic rings. The first kappa shape index (κ1) is 17.5. The van der Waals surface area contributed by atoms with Gasteiger partial charge < -0.3 is 9.73 Å². The number of carbonyl (C=O) groups is 2. The number of hydrogen-bond acceptors (Lipinski definition) is 6. The normalized spacial score (nSPS) is 11.8. The highest BCUT2D eigenvalue weighted by atomic mass is 79.9. The van der Waals surface area contributed by atoms with Crippen LogP contribution in [0.5, 0.6) is 0 Å². The van der Waals surface area contributed by atoms with Crippen molar-refractivity contribution in [3.8, 4) is 11.5 Å². The molecule has 1 aromatic heterocycles. The fraction of sp³-hybridized carbons (Fsp3) is 0.286. The van der Waals surface area contributed by atoms with Gasteiger partial charge in [0.2, 0.25) is 11.8 Å². The number of halogens is 1. The largest absolute Gasteiger partial charge is 0.411 e. The van der Waals surface area contributed by atoms with Gasteiger partial charge in [-0.25, -0.2) is 4.79 Å². The summed E-state index contributed by atoms with van der Waals surface area (Å²) >= 11 is 4.44. The molecule has 1 atom stereocenters. The third-order valence-corrected chi connectivity index (χ3v) is 4.18. The van der Waals surface area contributed by atoms with Crippen molar-refractivity contribution in [3.63, 3.8) is 0 Å². The number of carbonyl (C=O) groups excluding carboxylic acids is 2. The topological polar surface area (TPSA) is 97.1 Å². The average molecular weight is 399 g/mol. The van der Waals surface area contributed by atoms with Crippen molar-refractivity contribution in [3.05, 3.63) is 28.7 Å². The van der Waals surface area contributed by atoms with Gasteiger partial charge in [0.15, 0.2) is 0 Å². The molecule has 0 aliphatic rings. The van der Waals surface area contributed by atoms with Crippen molar-refractivity contribution in [2.24, 2.45) is 0 Å². The van der Waals surface area contributed by atoms with Gasteiger partial charge in [-0.15, -0.1) is 10.2 Å². The van der Waals surface area contributed by atoms with Gasteiger partial charge in [-0.2, -0.15) is 0 Å². The summed E-state index contributed by atoms with van der Waals surface area (Å²) in [6, 6.07) is 6.91. The molecule has 1 aromatic carbocycles. The zero-order chi connectivity index (χ0) is 16.8. The number of thioether (sulfide) groups is 1. The van der Waals surface area contributed by atoms with Crippen LogP contribution in [0.25, 0.3) is 11.5 Å². The molecule has 1 heterocycles. The predicted octanol–water partition coefficient (Wildman–Crippen LogP) is 2.83. The molecule has 0 spiro atoms. The van der Waals surface area contributed by atoms with Crippen LogP contribution in [-0.2, 0) is 4.79 Å². The highest BCUT2D eigenvalue weighted by Gasteiger charge is 2.20. The molecular weight excluding hydrogens is 384 g/mol. The molecule has 23 heavy (non-hydrogen) atoms. The smallest absolute Gasteiger partial charge is 0.321 e. The van der Waals surface area contributed by atoms with E-state index in [4.69, 9.17) is 4.42 Å². The molecule has 1 unspecified atom stereocenters. The molecule has 0 aliphatic heterocycles. The molecule has 0 radical (unpaired) electrons. The van der Waals surface area contributed by atoms with Gasteiger partial charge in [-0.3, -0.25) is 10.1 Å². The lowest BCUT2D eigenvalue weighted by atomic mass is 10.2. The van der Waals surface area contributed by atoms with Crippen molar-refractivity contribution in [2.75, 3.05) is 6.54 Å². The molecule has 7 nitrogen and oxygen atoms in total. The quantitative estimate of drug-likeness (QED) is 0.751. The Bertz CT molecular complexity index is 690. The molecule has 122 valence electrons. The second-order valence-corrected chi connectivity index (χ2v) is 6.70. The molecule has 3 amide bonds. The Balaban J connectivity index is 1.97. The third kappa shape index (κ3) is 5.07. The van der Waals surface area contributed by atoms with Crippen LogP contribution in [0, 0.1) is 0 Å². The first-order valence-electron chi connectivity index (χ1n) is 6.84. The predicted molar refractivity (Wildman–Crippen MR) is 90.0 cm³/mol. The minimum Gasteiger partial charge on any atom is -0.411 e. The van der Waals surface area contributed by atoms with E-state index in [1.807, 2.05) is 24.3 Å². The van der Waals surface area contributed by atoms with E-state index in [-0.39, 0.29) is 5.22 Å². The van der Waals surface area contributed by atoms with Gasteiger partial charge in [0.25, 0.3) is 5.22 Å². The van der Waals surface area contributed by atoms with Crippen LogP contribution in [0.2, 0.25) is 0 Å². The SMILES string of the molecule is CCNC(=O)NC(=O)C(C)Sc1nnc(-c2ccc(Br)cc2)o1. The van der Waals surface area contributed by atoms with E-state index in [0.29, 0.717) is 12.4 Å². The molecule has 0 fully saturated rings. The second kappa shape index (κ2) is 8.11. The maximum Gasteiger partial charge on any atom is 0.321 e. The zero-order valence-corrected chi connectivity index (χ0v) is 14.9. The van der Waals surface area contributed by atoms with Crippen LogP contribution < -0.4 is 10.6 Å². The lowest BCUT2D eigenvalue weighted by Crippen LogP contribution is -2.42. The van der Waals surface area contributed by atoms with Gasteiger partial charge in [0.1, 0.15) is 0 Å². The number of aromatic nitrogens is 2. The first-order valence-corrected chi connectivity index (χ1v) is 8.51. The highest BCUT2D eigenvalue weighted by molar-refractivity contribution is 9.10. The van der Waals surface area contributed by atoms with Gasteiger partial charge in [-0.1, -0.05) is 27.7 Å². The molecular formula is C14H15BrN4O3S. The Morgan fingerprint density at radius 3 is 2.65 bits per heavy atom. The monoisotopic (exact) mass is 398 g/mol. The standard InChI is InChI=1S/C14H15BrN4O3S/c1-3-16-13(21)17-11(20)8(2)23-14-19-18-12(22-14)9-4-6-10(15)7-5-9/h4-8H,3H2,1-2H3,(H2,16,17,20,21). The summed E-state index contributed by atoms with van der Waals surface area (Å²) in [5.41, 5.74) is 0.784. The fourth-order valence-corrected chi connectivity index (χ4v) is 2.54. The molecule has 0 bridgehead atoms. The molecule has 0 saturated heterocycles. The summed E-state index contributed by atoms with van der Waals surface area (Å²) in [6.07, 6.45) is 0.